The van der Waals surface area contributed by atoms with Crippen LogP contribution in [-0.4, -0.2) is 27.8 Å². The summed E-state index contributed by atoms with van der Waals surface area (Å²) in [6.07, 6.45) is 5.24. The Hall–Kier alpha value is -1.46. The molecule has 1 aliphatic rings. The van der Waals surface area contributed by atoms with Gasteiger partial charge in [0, 0.05) is 32.4 Å². The molecule has 0 amide bonds. The zero-order valence-corrected chi connectivity index (χ0v) is 10.4. The van der Waals surface area contributed by atoms with Gasteiger partial charge in [0.15, 0.2) is 5.65 Å². The second kappa shape index (κ2) is 5.04. The first-order valence-electron chi connectivity index (χ1n) is 6.47. The van der Waals surface area contributed by atoms with E-state index in [1.54, 1.807) is 0 Å². The average molecular weight is 246 g/mol. The molecule has 18 heavy (non-hydrogen) atoms. The van der Waals surface area contributed by atoms with Crippen LogP contribution in [0.1, 0.15) is 24.2 Å². The third-order valence-corrected chi connectivity index (χ3v) is 3.59. The van der Waals surface area contributed by atoms with Gasteiger partial charge in [-0.3, -0.25) is 4.40 Å². The van der Waals surface area contributed by atoms with Gasteiger partial charge in [-0.1, -0.05) is 0 Å². The van der Waals surface area contributed by atoms with E-state index in [0.29, 0.717) is 12.5 Å². The molecule has 0 unspecified atom stereocenters. The van der Waals surface area contributed by atoms with Gasteiger partial charge in [0.25, 0.3) is 0 Å². The predicted octanol–water partition coefficient (Wildman–Crippen LogP) is 1.16. The molecule has 2 N–H and O–H groups in total. The smallest absolute Gasteiger partial charge is 0.161 e. The van der Waals surface area contributed by atoms with Gasteiger partial charge in [-0.2, -0.15) is 0 Å². The topological polar surface area (TPSA) is 65.4 Å². The highest BCUT2D eigenvalue weighted by Gasteiger charge is 2.17. The van der Waals surface area contributed by atoms with Crippen LogP contribution >= 0.6 is 0 Å². The molecule has 5 heteroatoms. The Bertz CT molecular complexity index is 531. The van der Waals surface area contributed by atoms with E-state index in [4.69, 9.17) is 10.5 Å². The summed E-state index contributed by atoms with van der Waals surface area (Å²) in [5.41, 5.74) is 7.60. The Kier molecular flexibility index (Phi) is 3.25. The summed E-state index contributed by atoms with van der Waals surface area (Å²) in [6, 6.07) is 4.03. The van der Waals surface area contributed by atoms with Crippen molar-refractivity contribution < 1.29 is 4.74 Å². The molecule has 1 saturated heterocycles. The van der Waals surface area contributed by atoms with Crippen LogP contribution in [0.4, 0.5) is 0 Å². The lowest BCUT2D eigenvalue weighted by molar-refractivity contribution is 0.0659. The molecule has 0 aliphatic carbocycles. The van der Waals surface area contributed by atoms with Gasteiger partial charge >= 0.3 is 0 Å². The molecule has 2 aromatic heterocycles. The Morgan fingerprint density at radius 2 is 2.17 bits per heavy atom. The van der Waals surface area contributed by atoms with Crippen LogP contribution in [0.2, 0.25) is 0 Å². The first kappa shape index (κ1) is 11.6. The first-order chi connectivity index (χ1) is 8.86. The molecule has 0 spiro atoms. The van der Waals surface area contributed by atoms with Crippen molar-refractivity contribution in [2.75, 3.05) is 13.2 Å². The van der Waals surface area contributed by atoms with Gasteiger partial charge in [0.05, 0.1) is 0 Å². The summed E-state index contributed by atoms with van der Waals surface area (Å²) in [7, 11) is 0. The third-order valence-electron chi connectivity index (χ3n) is 3.59. The van der Waals surface area contributed by atoms with Crippen molar-refractivity contribution in [3.8, 4) is 0 Å². The molecule has 1 aliphatic heterocycles. The van der Waals surface area contributed by atoms with Crippen molar-refractivity contribution >= 4 is 5.65 Å². The normalized spacial score (nSPS) is 17.4. The lowest BCUT2D eigenvalue weighted by atomic mass is 9.96. The van der Waals surface area contributed by atoms with Crippen molar-refractivity contribution in [1.82, 2.24) is 14.6 Å². The highest BCUT2D eigenvalue weighted by molar-refractivity contribution is 5.41. The highest BCUT2D eigenvalue weighted by Crippen LogP contribution is 2.19. The number of fused-ring (bicyclic) bond motifs is 1. The van der Waals surface area contributed by atoms with Gasteiger partial charge in [0.1, 0.15) is 5.82 Å². The van der Waals surface area contributed by atoms with Gasteiger partial charge in [-0.05, 0) is 36.5 Å². The SMILES string of the molecule is NCc1ccn2c(CC3CCOCC3)nnc2c1. The second-order valence-corrected chi connectivity index (χ2v) is 4.84. The van der Waals surface area contributed by atoms with Crippen molar-refractivity contribution in [3.05, 3.63) is 29.7 Å². The molecule has 0 atom stereocenters. The fourth-order valence-corrected chi connectivity index (χ4v) is 2.46. The lowest BCUT2D eigenvalue weighted by Gasteiger charge is -2.20. The maximum absolute atomic E-state index is 5.63. The van der Waals surface area contributed by atoms with Crippen LogP contribution in [0.3, 0.4) is 0 Å². The molecule has 2 aromatic rings. The minimum Gasteiger partial charge on any atom is -0.381 e. The van der Waals surface area contributed by atoms with E-state index in [0.717, 1.165) is 49.5 Å². The molecule has 0 aromatic carbocycles. The van der Waals surface area contributed by atoms with E-state index in [2.05, 4.69) is 14.6 Å². The number of hydrogen-bond acceptors (Lipinski definition) is 4. The molecular formula is C13H18N4O. The van der Waals surface area contributed by atoms with Gasteiger partial charge in [-0.25, -0.2) is 0 Å². The van der Waals surface area contributed by atoms with Crippen LogP contribution in [0.15, 0.2) is 18.3 Å². The quantitative estimate of drug-likeness (QED) is 0.882. The fourth-order valence-electron chi connectivity index (χ4n) is 2.46. The van der Waals surface area contributed by atoms with Crippen LogP contribution < -0.4 is 5.73 Å². The Morgan fingerprint density at radius 1 is 1.33 bits per heavy atom. The lowest BCUT2D eigenvalue weighted by Crippen LogP contribution is -2.18. The number of rotatable bonds is 3. The van der Waals surface area contributed by atoms with Crippen molar-refractivity contribution in [1.29, 1.82) is 0 Å². The summed E-state index contributed by atoms with van der Waals surface area (Å²) < 4.78 is 7.44. The van der Waals surface area contributed by atoms with E-state index in [1.165, 1.54) is 0 Å². The van der Waals surface area contributed by atoms with Gasteiger partial charge < -0.3 is 10.5 Å². The second-order valence-electron chi connectivity index (χ2n) is 4.84. The summed E-state index contributed by atoms with van der Waals surface area (Å²) in [5, 5.41) is 8.52. The van der Waals surface area contributed by atoms with Crippen LogP contribution in [0.5, 0.6) is 0 Å². The summed E-state index contributed by atoms with van der Waals surface area (Å²) >= 11 is 0. The number of pyridine rings is 1. The Labute approximate surface area is 106 Å². The van der Waals surface area contributed by atoms with Gasteiger partial charge in [0.2, 0.25) is 0 Å². The monoisotopic (exact) mass is 246 g/mol. The van der Waals surface area contributed by atoms with E-state index < -0.39 is 0 Å². The van der Waals surface area contributed by atoms with Crippen molar-refractivity contribution in [3.63, 3.8) is 0 Å². The van der Waals surface area contributed by atoms with E-state index in [-0.39, 0.29) is 0 Å². The molecule has 0 radical (unpaired) electrons. The highest BCUT2D eigenvalue weighted by atomic mass is 16.5. The van der Waals surface area contributed by atoms with Crippen LogP contribution in [0.25, 0.3) is 5.65 Å². The van der Waals surface area contributed by atoms with E-state index >= 15 is 0 Å². The first-order valence-corrected chi connectivity index (χ1v) is 6.47. The van der Waals surface area contributed by atoms with Crippen molar-refractivity contribution in [2.24, 2.45) is 11.7 Å². The Balaban J connectivity index is 1.83. The molecule has 1 fully saturated rings. The number of nitrogens with zero attached hydrogens (tertiary/aromatic N) is 3. The minimum absolute atomic E-state index is 0.540. The standard InChI is InChI=1S/C13H18N4O/c14-9-11-1-4-17-12(15-16-13(17)8-11)7-10-2-5-18-6-3-10/h1,4,8,10H,2-3,5-7,9,14H2. The van der Waals surface area contributed by atoms with Crippen LogP contribution in [-0.2, 0) is 17.7 Å². The summed E-state index contributed by atoms with van der Waals surface area (Å²) in [4.78, 5) is 0. The molecular weight excluding hydrogens is 228 g/mol. The largest absolute Gasteiger partial charge is 0.381 e. The minimum atomic E-state index is 0.540. The summed E-state index contributed by atoms with van der Waals surface area (Å²) in [6.45, 7) is 2.29. The number of ether oxygens (including phenoxy) is 1. The summed E-state index contributed by atoms with van der Waals surface area (Å²) in [5.74, 6) is 1.71. The maximum Gasteiger partial charge on any atom is 0.161 e. The fraction of sp³-hybridized carbons (Fsp3) is 0.538. The zero-order valence-electron chi connectivity index (χ0n) is 10.4. The predicted molar refractivity (Wildman–Crippen MR) is 68.1 cm³/mol. The van der Waals surface area contributed by atoms with E-state index in [9.17, 15) is 0 Å². The molecule has 96 valence electrons. The number of nitrogens with two attached hydrogens (primary N) is 1. The average Bonchev–Trinajstić information content (AvgIpc) is 2.82. The maximum atomic E-state index is 5.63. The molecule has 5 nitrogen and oxygen atoms in total. The zero-order chi connectivity index (χ0) is 12.4. The molecule has 3 rings (SSSR count). The number of hydrogen-bond donors (Lipinski definition) is 1. The third kappa shape index (κ3) is 2.23. The molecule has 3 heterocycles. The van der Waals surface area contributed by atoms with Gasteiger partial charge in [-0.15, -0.1) is 10.2 Å². The Morgan fingerprint density at radius 3 is 2.94 bits per heavy atom. The molecule has 0 saturated carbocycles. The number of aromatic nitrogens is 3. The van der Waals surface area contributed by atoms with E-state index in [1.807, 2.05) is 18.3 Å². The molecule has 0 bridgehead atoms. The van der Waals surface area contributed by atoms with Crippen LogP contribution in [0, 0.1) is 5.92 Å². The van der Waals surface area contributed by atoms with Crippen molar-refractivity contribution in [2.45, 2.75) is 25.8 Å².